The van der Waals surface area contributed by atoms with E-state index >= 15 is 0 Å². The zero-order chi connectivity index (χ0) is 22.3. The Bertz CT molecular complexity index is 1000. The van der Waals surface area contributed by atoms with E-state index in [1.165, 1.54) is 16.9 Å². The van der Waals surface area contributed by atoms with Crippen molar-refractivity contribution in [1.82, 2.24) is 14.8 Å². The van der Waals surface area contributed by atoms with Crippen molar-refractivity contribution in [2.24, 2.45) is 0 Å². The summed E-state index contributed by atoms with van der Waals surface area (Å²) in [6.07, 6.45) is 0.752. The van der Waals surface area contributed by atoms with Crippen LogP contribution >= 0.6 is 11.3 Å². The molecule has 0 spiro atoms. The summed E-state index contributed by atoms with van der Waals surface area (Å²) in [5.41, 5.74) is 3.17. The Kier molecular flexibility index (Phi) is 7.68. The Labute approximate surface area is 194 Å². The van der Waals surface area contributed by atoms with E-state index in [0.717, 1.165) is 60.4 Å². The number of thiazole rings is 1. The normalized spacial score (nSPS) is 15.4. The third-order valence-electron chi connectivity index (χ3n) is 5.85. The first kappa shape index (κ1) is 22.6. The van der Waals surface area contributed by atoms with Crippen molar-refractivity contribution in [2.75, 3.05) is 32.8 Å². The molecule has 2 aromatic carbocycles. The van der Waals surface area contributed by atoms with Crippen LogP contribution in [-0.4, -0.2) is 59.6 Å². The summed E-state index contributed by atoms with van der Waals surface area (Å²) in [4.78, 5) is 23.7. The zero-order valence-electron chi connectivity index (χ0n) is 18.9. The molecule has 1 saturated heterocycles. The fourth-order valence-electron chi connectivity index (χ4n) is 4.09. The second kappa shape index (κ2) is 10.9. The maximum Gasteiger partial charge on any atom is 0.266 e. The highest BCUT2D eigenvalue weighted by Crippen LogP contribution is 2.24. The minimum atomic E-state index is 0.0731. The minimum Gasteiger partial charge on any atom is -0.379 e. The fraction of sp³-hybridized carbons (Fsp3) is 0.385. The number of hydrogen-bond acceptors (Lipinski definition) is 5. The van der Waals surface area contributed by atoms with E-state index in [4.69, 9.17) is 9.72 Å². The number of ether oxygens (including phenoxy) is 1. The maximum atomic E-state index is 13.8. The molecule has 0 radical (unpaired) electrons. The predicted octanol–water partition coefficient (Wildman–Crippen LogP) is 4.41. The lowest BCUT2D eigenvalue weighted by molar-refractivity contribution is 0.0229. The molecule has 1 atom stereocenters. The second-order valence-corrected chi connectivity index (χ2v) is 9.45. The Hall–Kier alpha value is -2.54. The Balaban J connectivity index is 1.54. The molecule has 32 heavy (non-hydrogen) atoms. The van der Waals surface area contributed by atoms with Gasteiger partial charge in [-0.05, 0) is 25.0 Å². The van der Waals surface area contributed by atoms with Crippen LogP contribution in [-0.2, 0) is 17.7 Å². The molecule has 1 aliphatic heterocycles. The first-order chi connectivity index (χ1) is 15.6. The lowest BCUT2D eigenvalue weighted by Gasteiger charge is -2.35. The van der Waals surface area contributed by atoms with E-state index in [1.54, 1.807) is 0 Å². The number of nitrogens with zero attached hydrogens (tertiary/aromatic N) is 3. The van der Waals surface area contributed by atoms with E-state index in [1.807, 2.05) is 48.2 Å². The minimum absolute atomic E-state index is 0.0731. The van der Waals surface area contributed by atoms with E-state index in [-0.39, 0.29) is 11.9 Å². The number of carbonyl (C=O) groups is 1. The molecule has 3 aromatic rings. The average molecular weight is 450 g/mol. The van der Waals surface area contributed by atoms with Crippen LogP contribution < -0.4 is 0 Å². The topological polar surface area (TPSA) is 45.7 Å². The summed E-state index contributed by atoms with van der Waals surface area (Å²) in [7, 11) is 0. The van der Waals surface area contributed by atoms with E-state index in [0.29, 0.717) is 6.54 Å². The van der Waals surface area contributed by atoms with Crippen LogP contribution in [0.3, 0.4) is 0 Å². The van der Waals surface area contributed by atoms with Gasteiger partial charge in [0.2, 0.25) is 0 Å². The molecule has 0 bridgehead atoms. The maximum absolute atomic E-state index is 13.8. The number of aromatic nitrogens is 1. The number of rotatable bonds is 8. The highest BCUT2D eigenvalue weighted by atomic mass is 32.1. The third-order valence-corrected chi connectivity index (χ3v) is 6.99. The average Bonchev–Trinajstić information content (AvgIpc) is 3.18. The monoisotopic (exact) mass is 449 g/mol. The van der Waals surface area contributed by atoms with Gasteiger partial charge >= 0.3 is 0 Å². The molecule has 1 unspecified atom stereocenters. The van der Waals surface area contributed by atoms with Crippen LogP contribution in [0.25, 0.3) is 0 Å². The lowest BCUT2D eigenvalue weighted by atomic mass is 10.1. The summed E-state index contributed by atoms with van der Waals surface area (Å²) in [6, 6.07) is 20.6. The van der Waals surface area contributed by atoms with Gasteiger partial charge in [0.15, 0.2) is 0 Å². The summed E-state index contributed by atoms with van der Waals surface area (Å²) in [5, 5.41) is 0.984. The Morgan fingerprint density at radius 1 is 1.06 bits per heavy atom. The van der Waals surface area contributed by atoms with Gasteiger partial charge in [0.05, 0.1) is 23.9 Å². The number of carbonyl (C=O) groups excluding carboxylic acids is 1. The molecule has 168 valence electrons. The molecule has 1 fully saturated rings. The molecule has 1 aromatic heterocycles. The van der Waals surface area contributed by atoms with E-state index in [2.05, 4.69) is 36.1 Å². The van der Waals surface area contributed by atoms with Crippen molar-refractivity contribution < 1.29 is 9.53 Å². The molecule has 4 rings (SSSR count). The fourth-order valence-corrected chi connectivity index (χ4v) is 5.15. The van der Waals surface area contributed by atoms with Crippen LogP contribution in [0, 0.1) is 6.92 Å². The van der Waals surface area contributed by atoms with Crippen molar-refractivity contribution in [3.8, 4) is 0 Å². The first-order valence-corrected chi connectivity index (χ1v) is 12.1. The lowest BCUT2D eigenvalue weighted by Crippen LogP contribution is -2.47. The van der Waals surface area contributed by atoms with Crippen LogP contribution in [0.2, 0.25) is 0 Å². The number of morpholine rings is 1. The van der Waals surface area contributed by atoms with Crippen LogP contribution in [0.5, 0.6) is 0 Å². The SMILES string of the molecule is Cc1nc(Cc2ccccc2)sc1C(=O)N(Cc1ccccc1)C(C)CN1CCOCC1. The highest BCUT2D eigenvalue weighted by Gasteiger charge is 2.27. The van der Waals surface area contributed by atoms with Gasteiger partial charge in [-0.1, -0.05) is 60.7 Å². The molecule has 5 nitrogen and oxygen atoms in total. The molecule has 0 saturated carbocycles. The van der Waals surface area contributed by atoms with Crippen molar-refractivity contribution in [3.63, 3.8) is 0 Å². The number of benzene rings is 2. The van der Waals surface area contributed by atoms with Gasteiger partial charge in [0.1, 0.15) is 4.88 Å². The third kappa shape index (κ3) is 5.82. The standard InChI is InChI=1S/C26H31N3O2S/c1-20(18-28-13-15-31-16-14-28)29(19-23-11-7-4-8-12-23)26(30)25-21(2)27-24(32-25)17-22-9-5-3-6-10-22/h3-12,20H,13-19H2,1-2H3. The van der Waals surface area contributed by atoms with Gasteiger partial charge in [-0.2, -0.15) is 0 Å². The van der Waals surface area contributed by atoms with Gasteiger partial charge in [-0.15, -0.1) is 11.3 Å². The Morgan fingerprint density at radius 2 is 1.69 bits per heavy atom. The highest BCUT2D eigenvalue weighted by molar-refractivity contribution is 7.13. The van der Waals surface area contributed by atoms with Gasteiger partial charge in [0, 0.05) is 38.6 Å². The van der Waals surface area contributed by atoms with Gasteiger partial charge in [-0.3, -0.25) is 9.69 Å². The molecule has 1 aliphatic rings. The van der Waals surface area contributed by atoms with Crippen molar-refractivity contribution in [2.45, 2.75) is 32.9 Å². The quantitative estimate of drug-likeness (QED) is 0.511. The predicted molar refractivity (Wildman–Crippen MR) is 129 cm³/mol. The molecular weight excluding hydrogens is 418 g/mol. The van der Waals surface area contributed by atoms with Gasteiger partial charge in [0.25, 0.3) is 5.91 Å². The van der Waals surface area contributed by atoms with E-state index in [9.17, 15) is 4.79 Å². The number of hydrogen-bond donors (Lipinski definition) is 0. The first-order valence-electron chi connectivity index (χ1n) is 11.3. The van der Waals surface area contributed by atoms with Crippen LogP contribution in [0.1, 0.15) is 38.4 Å². The summed E-state index contributed by atoms with van der Waals surface area (Å²) in [5.74, 6) is 0.0731. The molecule has 0 aliphatic carbocycles. The number of aryl methyl sites for hydroxylation is 1. The van der Waals surface area contributed by atoms with Crippen LogP contribution in [0.15, 0.2) is 60.7 Å². The molecule has 6 heteroatoms. The summed E-state index contributed by atoms with van der Waals surface area (Å²) < 4.78 is 5.49. The molecule has 0 N–H and O–H groups in total. The van der Waals surface area contributed by atoms with Gasteiger partial charge in [-0.25, -0.2) is 4.98 Å². The Morgan fingerprint density at radius 3 is 2.34 bits per heavy atom. The zero-order valence-corrected chi connectivity index (χ0v) is 19.7. The largest absolute Gasteiger partial charge is 0.379 e. The summed E-state index contributed by atoms with van der Waals surface area (Å²) >= 11 is 1.53. The smallest absolute Gasteiger partial charge is 0.266 e. The summed E-state index contributed by atoms with van der Waals surface area (Å²) in [6.45, 7) is 8.89. The second-order valence-electron chi connectivity index (χ2n) is 8.37. The van der Waals surface area contributed by atoms with Gasteiger partial charge < -0.3 is 9.64 Å². The number of amides is 1. The van der Waals surface area contributed by atoms with Crippen molar-refractivity contribution in [1.29, 1.82) is 0 Å². The van der Waals surface area contributed by atoms with Crippen LogP contribution in [0.4, 0.5) is 0 Å². The van der Waals surface area contributed by atoms with Crippen molar-refractivity contribution in [3.05, 3.63) is 87.4 Å². The molecule has 2 heterocycles. The van der Waals surface area contributed by atoms with E-state index < -0.39 is 0 Å². The van der Waals surface area contributed by atoms with Crippen molar-refractivity contribution >= 4 is 17.2 Å². The molecular formula is C26H31N3O2S. The molecule has 1 amide bonds.